The zero-order chi connectivity index (χ0) is 15.6. The number of hydrogen-bond donors (Lipinski definition) is 1. The number of aliphatic carboxylic acids is 1. The minimum absolute atomic E-state index is 0.000544. The van der Waals surface area contributed by atoms with Crippen LogP contribution < -0.4 is 0 Å². The molecule has 0 aromatic heterocycles. The van der Waals surface area contributed by atoms with E-state index in [9.17, 15) is 13.2 Å². The van der Waals surface area contributed by atoms with Crippen molar-refractivity contribution < 1.29 is 18.3 Å². The highest BCUT2D eigenvalue weighted by atomic mass is 35.5. The van der Waals surface area contributed by atoms with Crippen LogP contribution in [0.4, 0.5) is 0 Å². The number of sulfonamides is 1. The van der Waals surface area contributed by atoms with Crippen LogP contribution in [0.5, 0.6) is 0 Å². The molecule has 1 aliphatic rings. The summed E-state index contributed by atoms with van der Waals surface area (Å²) in [6.45, 7) is 2.40. The molecule has 1 heterocycles. The molecule has 0 bridgehead atoms. The maximum atomic E-state index is 12.7. The normalized spacial score (nSPS) is 20.4. The second-order valence-electron chi connectivity index (χ2n) is 5.38. The van der Waals surface area contributed by atoms with Crippen molar-refractivity contribution in [3.05, 3.63) is 28.8 Å². The molecule has 1 atom stereocenters. The topological polar surface area (TPSA) is 74.7 Å². The highest BCUT2D eigenvalue weighted by molar-refractivity contribution is 7.89. The molecular weight excluding hydrogens is 314 g/mol. The first-order chi connectivity index (χ1) is 9.80. The number of benzene rings is 1. The Bertz CT molecular complexity index is 644. The average molecular weight is 332 g/mol. The van der Waals surface area contributed by atoms with Crippen LogP contribution in [0.15, 0.2) is 23.1 Å². The van der Waals surface area contributed by atoms with Crippen LogP contribution in [0.2, 0.25) is 5.02 Å². The number of piperidine rings is 1. The van der Waals surface area contributed by atoms with Gasteiger partial charge in [0.1, 0.15) is 0 Å². The van der Waals surface area contributed by atoms with Crippen molar-refractivity contribution in [1.82, 2.24) is 4.31 Å². The third-order valence-electron chi connectivity index (χ3n) is 3.71. The molecule has 7 heteroatoms. The van der Waals surface area contributed by atoms with Gasteiger partial charge in [-0.2, -0.15) is 4.31 Å². The Morgan fingerprint density at radius 2 is 2.19 bits per heavy atom. The molecule has 116 valence electrons. The number of carbonyl (C=O) groups is 1. The highest BCUT2D eigenvalue weighted by Crippen LogP contribution is 2.28. The van der Waals surface area contributed by atoms with Crippen molar-refractivity contribution in [3.63, 3.8) is 0 Å². The SMILES string of the molecule is Cc1ccc(Cl)cc1S(=O)(=O)N1CCCC(CC(=O)O)C1. The van der Waals surface area contributed by atoms with E-state index in [1.165, 1.54) is 10.4 Å². The lowest BCUT2D eigenvalue weighted by atomic mass is 9.96. The van der Waals surface area contributed by atoms with E-state index in [4.69, 9.17) is 16.7 Å². The molecule has 1 fully saturated rings. The minimum Gasteiger partial charge on any atom is -0.481 e. The summed E-state index contributed by atoms with van der Waals surface area (Å²) in [6, 6.07) is 4.78. The van der Waals surface area contributed by atoms with E-state index in [-0.39, 0.29) is 23.8 Å². The Labute approximate surface area is 129 Å². The summed E-state index contributed by atoms with van der Waals surface area (Å²) in [5.41, 5.74) is 0.639. The van der Waals surface area contributed by atoms with Gasteiger partial charge in [-0.25, -0.2) is 8.42 Å². The maximum Gasteiger partial charge on any atom is 0.303 e. The van der Waals surface area contributed by atoms with Crippen LogP contribution >= 0.6 is 11.6 Å². The zero-order valence-electron chi connectivity index (χ0n) is 11.8. The Morgan fingerprint density at radius 1 is 1.48 bits per heavy atom. The predicted molar refractivity (Wildman–Crippen MR) is 79.9 cm³/mol. The van der Waals surface area contributed by atoms with E-state index in [1.54, 1.807) is 19.1 Å². The second-order valence-corrected chi connectivity index (χ2v) is 7.72. The van der Waals surface area contributed by atoms with E-state index in [2.05, 4.69) is 0 Å². The Hall–Kier alpha value is -1.11. The van der Waals surface area contributed by atoms with Crippen molar-refractivity contribution >= 4 is 27.6 Å². The zero-order valence-corrected chi connectivity index (χ0v) is 13.3. The standard InChI is InChI=1S/C14H18ClNO4S/c1-10-4-5-12(15)8-13(10)21(19,20)16-6-2-3-11(9-16)7-14(17)18/h4-5,8,11H,2-3,6-7,9H2,1H3,(H,17,18). The van der Waals surface area contributed by atoms with Gasteiger partial charge in [-0.15, -0.1) is 0 Å². The largest absolute Gasteiger partial charge is 0.481 e. The van der Waals surface area contributed by atoms with Gasteiger partial charge in [0.05, 0.1) is 4.90 Å². The highest BCUT2D eigenvalue weighted by Gasteiger charge is 2.32. The molecule has 1 aromatic carbocycles. The van der Waals surface area contributed by atoms with Crippen molar-refractivity contribution in [2.75, 3.05) is 13.1 Å². The monoisotopic (exact) mass is 331 g/mol. The summed E-state index contributed by atoms with van der Waals surface area (Å²) in [5, 5.41) is 9.24. The van der Waals surface area contributed by atoms with E-state index < -0.39 is 16.0 Å². The van der Waals surface area contributed by atoms with Crippen molar-refractivity contribution in [3.8, 4) is 0 Å². The number of carboxylic acid groups (broad SMARTS) is 1. The number of halogens is 1. The average Bonchev–Trinajstić information content (AvgIpc) is 2.41. The molecule has 0 spiro atoms. The fourth-order valence-corrected chi connectivity index (χ4v) is 4.69. The van der Waals surface area contributed by atoms with Gasteiger partial charge in [0.25, 0.3) is 0 Å². The van der Waals surface area contributed by atoms with Gasteiger partial charge in [0.15, 0.2) is 0 Å². The van der Waals surface area contributed by atoms with Crippen molar-refractivity contribution in [1.29, 1.82) is 0 Å². The van der Waals surface area contributed by atoms with Crippen LogP contribution in [-0.2, 0) is 14.8 Å². The molecule has 1 unspecified atom stereocenters. The molecule has 0 saturated carbocycles. The first-order valence-electron chi connectivity index (χ1n) is 6.79. The van der Waals surface area contributed by atoms with Gasteiger partial charge in [-0.05, 0) is 43.4 Å². The third kappa shape index (κ3) is 3.75. The van der Waals surface area contributed by atoms with Gasteiger partial charge in [0.2, 0.25) is 10.0 Å². The molecule has 1 N–H and O–H groups in total. The fraction of sp³-hybridized carbons (Fsp3) is 0.500. The first-order valence-corrected chi connectivity index (χ1v) is 8.60. The quantitative estimate of drug-likeness (QED) is 0.920. The molecule has 0 radical (unpaired) electrons. The Morgan fingerprint density at radius 3 is 2.86 bits per heavy atom. The number of carboxylic acids is 1. The Balaban J connectivity index is 2.26. The van der Waals surface area contributed by atoms with Gasteiger partial charge < -0.3 is 5.11 Å². The van der Waals surface area contributed by atoms with Gasteiger partial charge >= 0.3 is 5.97 Å². The van der Waals surface area contributed by atoms with Crippen LogP contribution in [0.1, 0.15) is 24.8 Å². The van der Waals surface area contributed by atoms with E-state index in [0.29, 0.717) is 23.6 Å². The summed E-state index contributed by atoms with van der Waals surface area (Å²) >= 11 is 5.90. The number of rotatable bonds is 4. The summed E-state index contributed by atoms with van der Waals surface area (Å²) in [5.74, 6) is -1.02. The van der Waals surface area contributed by atoms with E-state index in [1.807, 2.05) is 0 Å². The Kier molecular flexibility index (Phi) is 4.91. The molecule has 0 aliphatic carbocycles. The second kappa shape index (κ2) is 6.34. The molecule has 0 amide bonds. The van der Waals surface area contributed by atoms with Crippen LogP contribution in [0.3, 0.4) is 0 Å². The summed E-state index contributed by atoms with van der Waals surface area (Å²) in [6.07, 6.45) is 1.42. The van der Waals surface area contributed by atoms with Crippen molar-refractivity contribution in [2.24, 2.45) is 5.92 Å². The number of nitrogens with zero attached hydrogens (tertiary/aromatic N) is 1. The number of aryl methyl sites for hydroxylation is 1. The first kappa shape index (κ1) is 16.3. The summed E-state index contributed by atoms with van der Waals surface area (Å²) < 4.78 is 26.8. The van der Waals surface area contributed by atoms with E-state index >= 15 is 0 Å². The van der Waals surface area contributed by atoms with Crippen LogP contribution in [0.25, 0.3) is 0 Å². The van der Waals surface area contributed by atoms with Gasteiger partial charge in [-0.3, -0.25) is 4.79 Å². The summed E-state index contributed by atoms with van der Waals surface area (Å²) in [4.78, 5) is 11.0. The third-order valence-corrected chi connectivity index (χ3v) is 5.96. The molecular formula is C14H18ClNO4S. The van der Waals surface area contributed by atoms with Gasteiger partial charge in [0, 0.05) is 24.5 Å². The summed E-state index contributed by atoms with van der Waals surface area (Å²) in [7, 11) is -3.63. The number of hydrogen-bond acceptors (Lipinski definition) is 3. The minimum atomic E-state index is -3.63. The molecule has 21 heavy (non-hydrogen) atoms. The van der Waals surface area contributed by atoms with Crippen molar-refractivity contribution in [2.45, 2.75) is 31.1 Å². The molecule has 2 rings (SSSR count). The molecule has 5 nitrogen and oxygen atoms in total. The maximum absolute atomic E-state index is 12.7. The smallest absolute Gasteiger partial charge is 0.303 e. The lowest BCUT2D eigenvalue weighted by Gasteiger charge is -2.31. The lowest BCUT2D eigenvalue weighted by molar-refractivity contribution is -0.138. The predicted octanol–water partition coefficient (Wildman–Crippen LogP) is 2.52. The fourth-order valence-electron chi connectivity index (χ4n) is 2.65. The van der Waals surface area contributed by atoms with Gasteiger partial charge in [-0.1, -0.05) is 17.7 Å². The van der Waals surface area contributed by atoms with E-state index in [0.717, 1.165) is 6.42 Å². The molecule has 1 aromatic rings. The van der Waals surface area contributed by atoms with Crippen LogP contribution in [-0.4, -0.2) is 36.9 Å². The molecule has 1 saturated heterocycles. The lowest BCUT2D eigenvalue weighted by Crippen LogP contribution is -2.40. The molecule has 1 aliphatic heterocycles. The van der Waals surface area contributed by atoms with Crippen LogP contribution in [0, 0.1) is 12.8 Å².